The molecule has 7 heteroatoms. The maximum atomic E-state index is 13.7. The Labute approximate surface area is 219 Å². The Morgan fingerprint density at radius 2 is 1.65 bits per heavy atom. The number of benzene rings is 3. The van der Waals surface area contributed by atoms with Gasteiger partial charge in [0, 0.05) is 7.05 Å². The number of hydrogen-bond donors (Lipinski definition) is 0. The number of aromatic nitrogens is 2. The first kappa shape index (κ1) is 26.8. The van der Waals surface area contributed by atoms with Crippen molar-refractivity contribution in [1.29, 1.82) is 0 Å². The zero-order chi connectivity index (χ0) is 27.1. The summed E-state index contributed by atoms with van der Waals surface area (Å²) in [5, 5.41) is 0.484. The topological polar surface area (TPSA) is 72.3 Å². The van der Waals surface area contributed by atoms with E-state index in [1.54, 1.807) is 41.8 Å². The minimum Gasteiger partial charge on any atom is -0.268 e. The van der Waals surface area contributed by atoms with E-state index in [4.69, 9.17) is 4.98 Å². The van der Waals surface area contributed by atoms with Crippen LogP contribution < -0.4 is 5.56 Å². The van der Waals surface area contributed by atoms with Gasteiger partial charge in [-0.2, -0.15) is 4.31 Å². The van der Waals surface area contributed by atoms with Crippen LogP contribution in [-0.2, 0) is 15.4 Å². The van der Waals surface area contributed by atoms with Gasteiger partial charge in [0.25, 0.3) is 5.56 Å². The quantitative estimate of drug-likeness (QED) is 0.298. The van der Waals surface area contributed by atoms with Gasteiger partial charge in [0.1, 0.15) is 5.82 Å². The molecule has 194 valence electrons. The van der Waals surface area contributed by atoms with E-state index in [1.165, 1.54) is 11.4 Å². The van der Waals surface area contributed by atoms with Crippen LogP contribution >= 0.6 is 0 Å². The number of nitrogens with zero attached hydrogens (tertiary/aromatic N) is 3. The molecule has 0 aliphatic heterocycles. The average molecular weight is 518 g/mol. The van der Waals surface area contributed by atoms with Crippen LogP contribution in [0.3, 0.4) is 0 Å². The molecule has 0 spiro atoms. The van der Waals surface area contributed by atoms with Crippen molar-refractivity contribution in [2.45, 2.75) is 64.3 Å². The van der Waals surface area contributed by atoms with Crippen LogP contribution in [0.25, 0.3) is 16.6 Å². The van der Waals surface area contributed by atoms with Crippen LogP contribution in [0.15, 0.2) is 76.4 Å². The summed E-state index contributed by atoms with van der Waals surface area (Å²) >= 11 is 0. The van der Waals surface area contributed by atoms with Crippen LogP contribution in [0.4, 0.5) is 0 Å². The van der Waals surface area contributed by atoms with Crippen LogP contribution in [0, 0.1) is 13.8 Å². The Balaban J connectivity index is 1.85. The molecule has 1 unspecified atom stereocenters. The van der Waals surface area contributed by atoms with Gasteiger partial charge in [0.05, 0.1) is 27.5 Å². The molecule has 0 saturated heterocycles. The van der Waals surface area contributed by atoms with E-state index in [-0.39, 0.29) is 15.9 Å². The molecule has 1 heterocycles. The van der Waals surface area contributed by atoms with Crippen molar-refractivity contribution in [3.05, 3.63) is 99.6 Å². The second kappa shape index (κ2) is 9.88. The second-order valence-corrected chi connectivity index (χ2v) is 12.4. The predicted molar refractivity (Wildman–Crippen MR) is 150 cm³/mol. The Hall–Kier alpha value is -3.29. The summed E-state index contributed by atoms with van der Waals surface area (Å²) in [4.78, 5) is 18.8. The van der Waals surface area contributed by atoms with E-state index in [1.807, 2.05) is 50.2 Å². The van der Waals surface area contributed by atoms with E-state index in [2.05, 4.69) is 20.8 Å². The summed E-state index contributed by atoms with van der Waals surface area (Å²) in [6.45, 7) is 12.1. The molecule has 0 N–H and O–H groups in total. The lowest BCUT2D eigenvalue weighted by molar-refractivity contribution is 0.379. The molecule has 37 heavy (non-hydrogen) atoms. The second-order valence-electron chi connectivity index (χ2n) is 10.4. The van der Waals surface area contributed by atoms with Gasteiger partial charge < -0.3 is 0 Å². The number of para-hydroxylation sites is 1. The molecule has 0 saturated carbocycles. The smallest absolute Gasteiger partial charge is 0.266 e. The standard InChI is InChI=1S/C30H35N3O3S/c1-8-30(5,6)23-14-16-24(17-15-23)37(35,36)32(7)22(4)28-31-26-12-10-9-11-25(26)29(34)33(28)27-18-13-20(2)19-21(27)3/h9-19,22H,8H2,1-7H3. The van der Waals surface area contributed by atoms with Crippen molar-refractivity contribution >= 4 is 20.9 Å². The summed E-state index contributed by atoms with van der Waals surface area (Å²) in [5.74, 6) is 0.366. The molecule has 0 fully saturated rings. The molecule has 3 aromatic carbocycles. The first-order valence-electron chi connectivity index (χ1n) is 12.6. The summed E-state index contributed by atoms with van der Waals surface area (Å²) in [7, 11) is -2.32. The lowest BCUT2D eigenvalue weighted by Gasteiger charge is -2.27. The molecule has 0 radical (unpaired) electrons. The molecule has 1 aromatic heterocycles. The molecule has 0 aliphatic carbocycles. The van der Waals surface area contributed by atoms with Crippen LogP contribution in [0.5, 0.6) is 0 Å². The summed E-state index contributed by atoms with van der Waals surface area (Å²) < 4.78 is 30.2. The zero-order valence-corrected chi connectivity index (χ0v) is 23.4. The number of sulfonamides is 1. The maximum Gasteiger partial charge on any atom is 0.266 e. The van der Waals surface area contributed by atoms with Crippen molar-refractivity contribution in [2.24, 2.45) is 0 Å². The first-order chi connectivity index (χ1) is 17.4. The van der Waals surface area contributed by atoms with Gasteiger partial charge in [-0.25, -0.2) is 13.4 Å². The third-order valence-electron chi connectivity index (χ3n) is 7.51. The SMILES string of the molecule is CCC(C)(C)c1ccc(S(=O)(=O)N(C)C(C)c2nc3ccccc3c(=O)n2-c2ccc(C)cc2C)cc1. The minimum absolute atomic E-state index is 0.0432. The molecule has 4 rings (SSSR count). The van der Waals surface area contributed by atoms with E-state index in [0.717, 1.165) is 23.1 Å². The number of aryl methyl sites for hydroxylation is 2. The van der Waals surface area contributed by atoms with Crippen LogP contribution in [0.2, 0.25) is 0 Å². The molecular formula is C30H35N3O3S. The molecule has 0 aliphatic rings. The normalized spacial score (nSPS) is 13.3. The first-order valence-corrected chi connectivity index (χ1v) is 14.0. The zero-order valence-electron chi connectivity index (χ0n) is 22.6. The minimum atomic E-state index is -3.86. The fourth-order valence-corrected chi connectivity index (χ4v) is 5.86. The monoisotopic (exact) mass is 517 g/mol. The Bertz CT molecular complexity index is 1620. The van der Waals surface area contributed by atoms with Gasteiger partial charge in [-0.05, 0) is 74.1 Å². The highest BCUT2D eigenvalue weighted by atomic mass is 32.2. The van der Waals surface area contributed by atoms with E-state index >= 15 is 0 Å². The van der Waals surface area contributed by atoms with Gasteiger partial charge in [-0.1, -0.05) is 62.7 Å². The van der Waals surface area contributed by atoms with Gasteiger partial charge >= 0.3 is 0 Å². The summed E-state index contributed by atoms with van der Waals surface area (Å²) in [6.07, 6.45) is 0.944. The van der Waals surface area contributed by atoms with Gasteiger partial charge in [-0.3, -0.25) is 9.36 Å². The van der Waals surface area contributed by atoms with Crippen molar-refractivity contribution < 1.29 is 8.42 Å². The third kappa shape index (κ3) is 4.86. The van der Waals surface area contributed by atoms with Crippen molar-refractivity contribution in [2.75, 3.05) is 7.05 Å². The van der Waals surface area contributed by atoms with Gasteiger partial charge in [0.15, 0.2) is 0 Å². The summed E-state index contributed by atoms with van der Waals surface area (Å²) in [5.41, 5.74) is 4.03. The van der Waals surface area contributed by atoms with Crippen molar-refractivity contribution in [1.82, 2.24) is 13.9 Å². The number of hydrogen-bond acceptors (Lipinski definition) is 4. The highest BCUT2D eigenvalue weighted by Crippen LogP contribution is 2.31. The van der Waals surface area contributed by atoms with Crippen LogP contribution in [-0.4, -0.2) is 29.3 Å². The third-order valence-corrected chi connectivity index (χ3v) is 9.45. The highest BCUT2D eigenvalue weighted by Gasteiger charge is 2.31. The fraction of sp³-hybridized carbons (Fsp3) is 0.333. The Morgan fingerprint density at radius 3 is 2.27 bits per heavy atom. The number of rotatable bonds is 7. The predicted octanol–water partition coefficient (Wildman–Crippen LogP) is 6.07. The van der Waals surface area contributed by atoms with Crippen LogP contribution in [0.1, 0.15) is 62.7 Å². The van der Waals surface area contributed by atoms with E-state index in [0.29, 0.717) is 22.4 Å². The van der Waals surface area contributed by atoms with E-state index in [9.17, 15) is 13.2 Å². The fourth-order valence-electron chi connectivity index (χ4n) is 4.54. The molecule has 6 nitrogen and oxygen atoms in total. The molecule has 1 atom stereocenters. The molecule has 4 aromatic rings. The van der Waals surface area contributed by atoms with Gasteiger partial charge in [-0.15, -0.1) is 0 Å². The molecule has 0 bridgehead atoms. The largest absolute Gasteiger partial charge is 0.268 e. The lowest BCUT2D eigenvalue weighted by atomic mass is 9.82. The maximum absolute atomic E-state index is 13.7. The summed E-state index contributed by atoms with van der Waals surface area (Å²) in [6, 6.07) is 19.4. The lowest BCUT2D eigenvalue weighted by Crippen LogP contribution is -2.35. The van der Waals surface area contributed by atoms with E-state index < -0.39 is 16.1 Å². The molecular weight excluding hydrogens is 482 g/mol. The molecule has 0 amide bonds. The number of fused-ring (bicyclic) bond motifs is 1. The van der Waals surface area contributed by atoms with Gasteiger partial charge in [0.2, 0.25) is 10.0 Å². The van der Waals surface area contributed by atoms with Crippen molar-refractivity contribution in [3.63, 3.8) is 0 Å². The Morgan fingerprint density at radius 1 is 1.00 bits per heavy atom. The van der Waals surface area contributed by atoms with Crippen molar-refractivity contribution in [3.8, 4) is 5.69 Å². The average Bonchev–Trinajstić information content (AvgIpc) is 2.88. The highest BCUT2D eigenvalue weighted by molar-refractivity contribution is 7.89. The Kier molecular flexibility index (Phi) is 7.14.